The monoisotopic (exact) mass is 387 g/mol. The third-order valence-electron chi connectivity index (χ3n) is 6.09. The van der Waals surface area contributed by atoms with E-state index in [1.165, 1.54) is 5.56 Å². The van der Waals surface area contributed by atoms with Gasteiger partial charge in [0.15, 0.2) is 0 Å². The lowest BCUT2D eigenvalue weighted by atomic mass is 9.74. The lowest BCUT2D eigenvalue weighted by Gasteiger charge is -2.35. The molecule has 0 saturated heterocycles. The molecule has 0 amide bonds. The second-order valence-electron chi connectivity index (χ2n) is 8.32. The molecule has 5 rings (SSSR count). The fourth-order valence-corrected chi connectivity index (χ4v) is 4.35. The first-order valence-electron chi connectivity index (χ1n) is 10.2. The van der Waals surface area contributed by atoms with Gasteiger partial charge in [0.25, 0.3) is 0 Å². The first-order valence-corrected chi connectivity index (χ1v) is 10.2. The molecule has 0 bridgehead atoms. The summed E-state index contributed by atoms with van der Waals surface area (Å²) in [6.07, 6.45) is 6.21. The molecule has 1 aliphatic rings. The molecule has 4 aromatic rings. The molecule has 2 heterocycles. The molecule has 0 radical (unpaired) electrons. The van der Waals surface area contributed by atoms with Gasteiger partial charge in [-0.1, -0.05) is 54.4 Å². The number of nitrogens with zero attached hydrogens (tertiary/aromatic N) is 4. The molecule has 29 heavy (non-hydrogen) atoms. The van der Waals surface area contributed by atoms with Crippen LogP contribution in [0.1, 0.15) is 50.0 Å². The molecular formula is C23H25N5O. The van der Waals surface area contributed by atoms with Crippen molar-refractivity contribution in [3.63, 3.8) is 0 Å². The Balaban J connectivity index is 1.35. The summed E-state index contributed by atoms with van der Waals surface area (Å²) in [5.41, 5.74) is 10.5. The van der Waals surface area contributed by atoms with Crippen molar-refractivity contribution in [3.05, 3.63) is 66.3 Å². The number of fused-ring (bicyclic) bond motifs is 1. The lowest BCUT2D eigenvalue weighted by Crippen LogP contribution is -2.44. The van der Waals surface area contributed by atoms with Crippen molar-refractivity contribution in [2.45, 2.75) is 50.6 Å². The Morgan fingerprint density at radius 3 is 2.79 bits per heavy atom. The maximum Gasteiger partial charge on any atom is 0.231 e. The molecule has 148 valence electrons. The number of rotatable bonds is 4. The van der Waals surface area contributed by atoms with E-state index in [0.29, 0.717) is 11.7 Å². The highest BCUT2D eigenvalue weighted by atomic mass is 16.5. The minimum Gasteiger partial charge on any atom is -0.339 e. The van der Waals surface area contributed by atoms with Gasteiger partial charge >= 0.3 is 0 Å². The zero-order valence-electron chi connectivity index (χ0n) is 16.6. The van der Waals surface area contributed by atoms with Crippen LogP contribution in [-0.2, 0) is 6.54 Å². The van der Waals surface area contributed by atoms with Gasteiger partial charge in [0, 0.05) is 17.6 Å². The van der Waals surface area contributed by atoms with Crippen LogP contribution in [-0.4, -0.2) is 25.2 Å². The summed E-state index contributed by atoms with van der Waals surface area (Å²) >= 11 is 0. The number of hydrogen-bond donors (Lipinski definition) is 1. The van der Waals surface area contributed by atoms with Crippen molar-refractivity contribution >= 4 is 11.0 Å². The molecule has 6 nitrogen and oxygen atoms in total. The third-order valence-corrected chi connectivity index (χ3v) is 6.09. The zero-order valence-corrected chi connectivity index (χ0v) is 16.6. The summed E-state index contributed by atoms with van der Waals surface area (Å²) in [4.78, 5) is 9.13. The zero-order chi connectivity index (χ0) is 19.8. The predicted octanol–water partition coefficient (Wildman–Crippen LogP) is 4.51. The fraction of sp³-hybridized carbons (Fsp3) is 0.348. The van der Waals surface area contributed by atoms with Crippen molar-refractivity contribution in [1.82, 2.24) is 19.7 Å². The van der Waals surface area contributed by atoms with Gasteiger partial charge in [-0.15, -0.1) is 0 Å². The van der Waals surface area contributed by atoms with E-state index in [1.807, 2.05) is 36.7 Å². The van der Waals surface area contributed by atoms with Crippen molar-refractivity contribution in [3.8, 4) is 11.4 Å². The molecule has 0 aliphatic heterocycles. The first-order chi connectivity index (χ1) is 14.1. The Hall–Kier alpha value is -2.99. The minimum atomic E-state index is -0.278. The van der Waals surface area contributed by atoms with E-state index in [0.717, 1.165) is 48.8 Å². The second-order valence-corrected chi connectivity index (χ2v) is 8.32. The molecule has 2 aromatic carbocycles. The van der Waals surface area contributed by atoms with E-state index in [-0.39, 0.29) is 11.5 Å². The van der Waals surface area contributed by atoms with Crippen LogP contribution in [0, 0.1) is 0 Å². The van der Waals surface area contributed by atoms with Gasteiger partial charge in [-0.2, -0.15) is 4.98 Å². The van der Waals surface area contributed by atoms with Gasteiger partial charge in [0.05, 0.1) is 23.3 Å². The highest BCUT2D eigenvalue weighted by Gasteiger charge is 2.37. The summed E-state index contributed by atoms with van der Waals surface area (Å²) in [6, 6.07) is 16.5. The normalized spacial score (nSPS) is 22.2. The molecular weight excluding hydrogens is 362 g/mol. The van der Waals surface area contributed by atoms with E-state index in [9.17, 15) is 0 Å². The molecule has 6 heteroatoms. The van der Waals surface area contributed by atoms with Gasteiger partial charge in [-0.05, 0) is 37.5 Å². The van der Waals surface area contributed by atoms with Crippen molar-refractivity contribution in [2.24, 2.45) is 5.73 Å². The molecule has 1 saturated carbocycles. The van der Waals surface area contributed by atoms with E-state index in [1.54, 1.807) is 0 Å². The number of hydrogen-bond acceptors (Lipinski definition) is 5. The van der Waals surface area contributed by atoms with Gasteiger partial charge in [0.2, 0.25) is 11.7 Å². The van der Waals surface area contributed by atoms with E-state index < -0.39 is 0 Å². The number of aromatic nitrogens is 4. The summed E-state index contributed by atoms with van der Waals surface area (Å²) in [5.74, 6) is 1.42. The Kier molecular flexibility index (Phi) is 4.43. The summed E-state index contributed by atoms with van der Waals surface area (Å²) < 4.78 is 7.76. The molecule has 2 unspecified atom stereocenters. The fourth-order valence-electron chi connectivity index (χ4n) is 4.35. The largest absolute Gasteiger partial charge is 0.339 e. The van der Waals surface area contributed by atoms with Crippen LogP contribution in [0.3, 0.4) is 0 Å². The van der Waals surface area contributed by atoms with Crippen LogP contribution in [0.25, 0.3) is 22.4 Å². The topological polar surface area (TPSA) is 82.8 Å². The highest BCUT2D eigenvalue weighted by Crippen LogP contribution is 2.38. The van der Waals surface area contributed by atoms with Crippen molar-refractivity contribution < 1.29 is 4.52 Å². The van der Waals surface area contributed by atoms with Crippen LogP contribution in [0.4, 0.5) is 0 Å². The van der Waals surface area contributed by atoms with Gasteiger partial charge in [-0.3, -0.25) is 0 Å². The number of benzene rings is 2. The van der Waals surface area contributed by atoms with Crippen molar-refractivity contribution in [1.29, 1.82) is 0 Å². The van der Waals surface area contributed by atoms with E-state index in [4.69, 9.17) is 10.3 Å². The molecule has 2 aromatic heterocycles. The average molecular weight is 387 g/mol. The number of para-hydroxylation sites is 2. The van der Waals surface area contributed by atoms with Gasteiger partial charge in [-0.25, -0.2) is 4.98 Å². The molecule has 2 atom stereocenters. The highest BCUT2D eigenvalue weighted by molar-refractivity contribution is 5.75. The molecule has 1 fully saturated rings. The molecule has 1 aliphatic carbocycles. The Labute approximate surface area is 169 Å². The average Bonchev–Trinajstić information content (AvgIpc) is 3.36. The Bertz CT molecular complexity index is 1130. The molecule has 2 N–H and O–H groups in total. The first kappa shape index (κ1) is 18.1. The van der Waals surface area contributed by atoms with Crippen LogP contribution >= 0.6 is 0 Å². The standard InChI is InChI=1S/C23H25N5O/c1-23(24)13-5-4-6-18(23)22-26-21(27-29-22)17-11-9-16(10-12-17)14-28-15-25-19-7-2-3-8-20(19)28/h2-3,7-12,15,18H,4-6,13-14,24H2,1H3. The van der Waals surface area contributed by atoms with Crippen LogP contribution in [0.2, 0.25) is 0 Å². The lowest BCUT2D eigenvalue weighted by molar-refractivity contribution is 0.223. The minimum absolute atomic E-state index is 0.131. The number of nitrogens with two attached hydrogens (primary N) is 1. The second kappa shape index (κ2) is 7.12. The maximum atomic E-state index is 6.49. The summed E-state index contributed by atoms with van der Waals surface area (Å²) in [5, 5.41) is 4.22. The molecule has 0 spiro atoms. The van der Waals surface area contributed by atoms with E-state index in [2.05, 4.69) is 44.8 Å². The van der Waals surface area contributed by atoms with Crippen LogP contribution in [0.15, 0.2) is 59.4 Å². The Morgan fingerprint density at radius 1 is 1.14 bits per heavy atom. The van der Waals surface area contributed by atoms with Crippen LogP contribution in [0.5, 0.6) is 0 Å². The number of imidazole rings is 1. The van der Waals surface area contributed by atoms with Gasteiger partial charge in [0.1, 0.15) is 0 Å². The summed E-state index contributed by atoms with van der Waals surface area (Å²) in [7, 11) is 0. The van der Waals surface area contributed by atoms with E-state index >= 15 is 0 Å². The SMILES string of the molecule is CC1(N)CCCCC1c1nc(-c2ccc(Cn3cnc4ccccc43)cc2)no1. The van der Waals surface area contributed by atoms with Crippen LogP contribution < -0.4 is 5.73 Å². The quantitative estimate of drug-likeness (QED) is 0.557. The van der Waals surface area contributed by atoms with Gasteiger partial charge < -0.3 is 14.8 Å². The third kappa shape index (κ3) is 3.44. The predicted molar refractivity (Wildman–Crippen MR) is 112 cm³/mol. The summed E-state index contributed by atoms with van der Waals surface area (Å²) in [6.45, 7) is 2.86. The van der Waals surface area contributed by atoms with Crippen molar-refractivity contribution in [2.75, 3.05) is 0 Å². The maximum absolute atomic E-state index is 6.49. The Morgan fingerprint density at radius 2 is 1.97 bits per heavy atom. The smallest absolute Gasteiger partial charge is 0.231 e.